The molecule has 2 heterocycles. The Hall–Kier alpha value is -2.35. The van der Waals surface area contributed by atoms with Crippen LogP contribution in [0.5, 0.6) is 0 Å². The Bertz CT molecular complexity index is 691. The highest BCUT2D eigenvalue weighted by molar-refractivity contribution is 5.80. The summed E-state index contributed by atoms with van der Waals surface area (Å²) in [6.07, 6.45) is 0.897. The van der Waals surface area contributed by atoms with E-state index in [4.69, 9.17) is 9.15 Å². The SMILES string of the molecule is COCCCNC(=NCc1nnc(C)n1C)NC(C)c1ccc(C)o1. The van der Waals surface area contributed by atoms with Crippen LogP contribution >= 0.6 is 0 Å². The van der Waals surface area contributed by atoms with Gasteiger partial charge in [-0.3, -0.25) is 0 Å². The fourth-order valence-corrected chi connectivity index (χ4v) is 2.28. The van der Waals surface area contributed by atoms with Crippen molar-refractivity contribution in [3.8, 4) is 0 Å². The molecule has 0 amide bonds. The fraction of sp³-hybridized carbons (Fsp3) is 0.588. The van der Waals surface area contributed by atoms with E-state index in [9.17, 15) is 0 Å². The summed E-state index contributed by atoms with van der Waals surface area (Å²) < 4.78 is 12.7. The zero-order valence-electron chi connectivity index (χ0n) is 15.7. The number of aliphatic imine (C=N–C) groups is 1. The van der Waals surface area contributed by atoms with Gasteiger partial charge in [-0.1, -0.05) is 0 Å². The first kappa shape index (κ1) is 19.0. The van der Waals surface area contributed by atoms with E-state index >= 15 is 0 Å². The van der Waals surface area contributed by atoms with Crippen LogP contribution in [0, 0.1) is 13.8 Å². The summed E-state index contributed by atoms with van der Waals surface area (Å²) in [5, 5.41) is 14.9. The predicted molar refractivity (Wildman–Crippen MR) is 96.4 cm³/mol. The van der Waals surface area contributed by atoms with Gasteiger partial charge in [-0.15, -0.1) is 10.2 Å². The van der Waals surface area contributed by atoms with Crippen LogP contribution in [0.3, 0.4) is 0 Å². The van der Waals surface area contributed by atoms with Gasteiger partial charge in [0.25, 0.3) is 0 Å². The second-order valence-electron chi connectivity index (χ2n) is 5.97. The number of nitrogens with one attached hydrogen (secondary N) is 2. The molecule has 0 saturated heterocycles. The van der Waals surface area contributed by atoms with Crippen LogP contribution in [0.25, 0.3) is 0 Å². The first-order chi connectivity index (χ1) is 12.0. The van der Waals surface area contributed by atoms with Crippen LogP contribution in [0.2, 0.25) is 0 Å². The highest BCUT2D eigenvalue weighted by atomic mass is 16.5. The number of aromatic nitrogens is 3. The summed E-state index contributed by atoms with van der Waals surface area (Å²) in [6, 6.07) is 3.93. The van der Waals surface area contributed by atoms with Gasteiger partial charge in [0.15, 0.2) is 11.8 Å². The molecule has 2 aromatic heterocycles. The predicted octanol–water partition coefficient (Wildman–Crippen LogP) is 1.86. The highest BCUT2D eigenvalue weighted by Crippen LogP contribution is 2.15. The average Bonchev–Trinajstić information content (AvgIpc) is 3.16. The molecule has 0 saturated carbocycles. The molecule has 0 fully saturated rings. The third kappa shape index (κ3) is 5.60. The lowest BCUT2D eigenvalue weighted by atomic mass is 10.2. The van der Waals surface area contributed by atoms with E-state index in [1.807, 2.05) is 44.5 Å². The molecular weight excluding hydrogens is 320 g/mol. The summed E-state index contributed by atoms with van der Waals surface area (Å²) in [6.45, 7) is 7.81. The van der Waals surface area contributed by atoms with Crippen molar-refractivity contribution in [2.45, 2.75) is 39.8 Å². The monoisotopic (exact) mass is 348 g/mol. The van der Waals surface area contributed by atoms with Crippen molar-refractivity contribution in [2.75, 3.05) is 20.3 Å². The minimum Gasteiger partial charge on any atom is -0.464 e. The molecule has 25 heavy (non-hydrogen) atoms. The van der Waals surface area contributed by atoms with E-state index in [0.717, 1.165) is 36.1 Å². The number of ether oxygens (including phenoxy) is 1. The number of hydrogen-bond acceptors (Lipinski definition) is 5. The lowest BCUT2D eigenvalue weighted by molar-refractivity contribution is 0.195. The molecule has 0 aromatic carbocycles. The summed E-state index contributed by atoms with van der Waals surface area (Å²) in [5.41, 5.74) is 0. The lowest BCUT2D eigenvalue weighted by Crippen LogP contribution is -2.39. The van der Waals surface area contributed by atoms with Gasteiger partial charge in [0.2, 0.25) is 0 Å². The van der Waals surface area contributed by atoms with Crippen LogP contribution in [0.4, 0.5) is 0 Å². The second kappa shape index (κ2) is 9.22. The molecule has 0 aliphatic rings. The minimum absolute atomic E-state index is 0.00334. The van der Waals surface area contributed by atoms with E-state index in [2.05, 4.69) is 25.8 Å². The normalized spacial score (nSPS) is 13.1. The molecule has 1 atom stereocenters. The first-order valence-corrected chi connectivity index (χ1v) is 8.46. The number of rotatable bonds is 8. The molecule has 2 rings (SSSR count). The van der Waals surface area contributed by atoms with Gasteiger partial charge in [0, 0.05) is 27.3 Å². The Morgan fingerprint density at radius 1 is 1.36 bits per heavy atom. The van der Waals surface area contributed by atoms with Crippen molar-refractivity contribution < 1.29 is 9.15 Å². The Morgan fingerprint density at radius 3 is 2.76 bits per heavy atom. The number of nitrogens with zero attached hydrogens (tertiary/aromatic N) is 4. The Balaban J connectivity index is 2.03. The van der Waals surface area contributed by atoms with Crippen LogP contribution in [-0.4, -0.2) is 41.0 Å². The number of methoxy groups -OCH3 is 1. The molecule has 0 radical (unpaired) electrons. The lowest BCUT2D eigenvalue weighted by Gasteiger charge is -2.17. The van der Waals surface area contributed by atoms with Crippen LogP contribution in [0.1, 0.15) is 42.6 Å². The van der Waals surface area contributed by atoms with Crippen molar-refractivity contribution in [3.63, 3.8) is 0 Å². The molecule has 2 N–H and O–H groups in total. The van der Waals surface area contributed by atoms with Crippen LogP contribution < -0.4 is 10.6 Å². The molecule has 0 aliphatic carbocycles. The van der Waals surface area contributed by atoms with Gasteiger partial charge in [-0.2, -0.15) is 0 Å². The molecule has 2 aromatic rings. The average molecular weight is 348 g/mol. The standard InChI is InChI=1S/C17H28N6O2/c1-12-7-8-15(25-12)13(2)20-17(18-9-6-10-24-5)19-11-16-22-21-14(3)23(16)4/h7-8,13H,6,9-11H2,1-5H3,(H2,18,19,20). The van der Waals surface area contributed by atoms with Crippen molar-refractivity contribution in [1.29, 1.82) is 0 Å². The van der Waals surface area contributed by atoms with Gasteiger partial charge in [-0.25, -0.2) is 4.99 Å². The maximum atomic E-state index is 5.68. The third-order valence-corrected chi connectivity index (χ3v) is 3.92. The molecule has 0 aliphatic heterocycles. The minimum atomic E-state index is 0.00334. The smallest absolute Gasteiger partial charge is 0.192 e. The number of furan rings is 1. The van der Waals surface area contributed by atoms with E-state index < -0.39 is 0 Å². The quantitative estimate of drug-likeness (QED) is 0.430. The molecule has 8 nitrogen and oxygen atoms in total. The number of guanidine groups is 1. The Labute approximate surface area is 148 Å². The third-order valence-electron chi connectivity index (χ3n) is 3.92. The van der Waals surface area contributed by atoms with Gasteiger partial charge in [0.05, 0.1) is 6.04 Å². The van der Waals surface area contributed by atoms with E-state index in [1.165, 1.54) is 0 Å². The fourth-order valence-electron chi connectivity index (χ4n) is 2.28. The maximum Gasteiger partial charge on any atom is 0.192 e. The van der Waals surface area contributed by atoms with Gasteiger partial charge in [-0.05, 0) is 39.3 Å². The highest BCUT2D eigenvalue weighted by Gasteiger charge is 2.12. The van der Waals surface area contributed by atoms with E-state index in [-0.39, 0.29) is 6.04 Å². The zero-order chi connectivity index (χ0) is 18.2. The molecular formula is C17H28N6O2. The van der Waals surface area contributed by atoms with Crippen molar-refractivity contribution in [2.24, 2.45) is 12.0 Å². The topological polar surface area (TPSA) is 89.5 Å². The summed E-state index contributed by atoms with van der Waals surface area (Å²) in [7, 11) is 3.64. The summed E-state index contributed by atoms with van der Waals surface area (Å²) in [4.78, 5) is 4.63. The van der Waals surface area contributed by atoms with Gasteiger partial charge < -0.3 is 24.4 Å². The molecule has 0 spiro atoms. The van der Waals surface area contributed by atoms with Crippen LogP contribution in [0.15, 0.2) is 21.5 Å². The Kier molecular flexibility index (Phi) is 7.00. The van der Waals surface area contributed by atoms with E-state index in [1.54, 1.807) is 7.11 Å². The van der Waals surface area contributed by atoms with Gasteiger partial charge >= 0.3 is 0 Å². The molecule has 1 unspecified atom stereocenters. The van der Waals surface area contributed by atoms with Crippen LogP contribution in [-0.2, 0) is 18.3 Å². The zero-order valence-corrected chi connectivity index (χ0v) is 15.7. The molecule has 0 bridgehead atoms. The summed E-state index contributed by atoms with van der Waals surface area (Å²) >= 11 is 0. The molecule has 8 heteroatoms. The summed E-state index contributed by atoms with van der Waals surface area (Å²) in [5.74, 6) is 4.16. The van der Waals surface area contributed by atoms with E-state index in [0.29, 0.717) is 19.1 Å². The second-order valence-corrected chi connectivity index (χ2v) is 5.97. The van der Waals surface area contributed by atoms with Crippen molar-refractivity contribution in [3.05, 3.63) is 35.3 Å². The largest absolute Gasteiger partial charge is 0.464 e. The first-order valence-electron chi connectivity index (χ1n) is 8.46. The van der Waals surface area contributed by atoms with Crippen molar-refractivity contribution >= 4 is 5.96 Å². The Morgan fingerprint density at radius 2 is 2.16 bits per heavy atom. The molecule has 138 valence electrons. The maximum absolute atomic E-state index is 5.68. The van der Waals surface area contributed by atoms with Gasteiger partial charge in [0.1, 0.15) is 23.9 Å². The number of hydrogen-bond donors (Lipinski definition) is 2. The van der Waals surface area contributed by atoms with Crippen molar-refractivity contribution in [1.82, 2.24) is 25.4 Å². The number of aryl methyl sites for hydroxylation is 2.